The average molecular weight is 661 g/mol. The van der Waals surface area contributed by atoms with Gasteiger partial charge >= 0.3 is 21.6 Å². The first kappa shape index (κ1) is 33.6. The van der Waals surface area contributed by atoms with Crippen LogP contribution in [0.1, 0.15) is 13.2 Å². The van der Waals surface area contributed by atoms with Crippen molar-refractivity contribution in [1.29, 1.82) is 0 Å². The lowest BCUT2D eigenvalue weighted by atomic mass is 9.96. The lowest BCUT2D eigenvalue weighted by Crippen LogP contribution is -2.61. The van der Waals surface area contributed by atoms with Gasteiger partial charge in [0.1, 0.15) is 67.3 Å². The Labute approximate surface area is 240 Å². The van der Waals surface area contributed by atoms with Crippen LogP contribution in [0.3, 0.4) is 0 Å². The summed E-state index contributed by atoms with van der Waals surface area (Å²) in [6.07, 6.45) is -16.2. The minimum atomic E-state index is -5.70. The van der Waals surface area contributed by atoms with Crippen LogP contribution >= 0.6 is 15.6 Å². The lowest BCUT2D eigenvalue weighted by molar-refractivity contribution is -0.293. The second-order valence-electron chi connectivity index (χ2n) is 9.36. The number of aliphatic hydroxyl groups excluding tert-OH is 6. The highest BCUT2D eigenvalue weighted by atomic mass is 31.3. The summed E-state index contributed by atoms with van der Waals surface area (Å²) in [6, 6.07) is 0. The molecule has 2 aromatic rings. The molecule has 22 nitrogen and oxygen atoms in total. The number of hydrogen-bond donors (Lipinski definition) is 9. The van der Waals surface area contributed by atoms with Crippen molar-refractivity contribution in [3.8, 4) is 0 Å². The molecule has 0 bridgehead atoms. The number of ether oxygens (including phenoxy) is 3. The molecule has 0 spiro atoms. The summed E-state index contributed by atoms with van der Waals surface area (Å²) in [4.78, 5) is 42.8. The van der Waals surface area contributed by atoms with Crippen molar-refractivity contribution in [2.75, 3.05) is 18.9 Å². The van der Waals surface area contributed by atoms with Gasteiger partial charge < -0.3 is 60.4 Å². The standard InChI is InChI=1S/C19H29N5O17P2/c1-6(25)36-2-7(26)15-12(29)11(28)14(31)19(39-15)40-43(34,35)41-42(32,33)37-3-8-10(27)13(30)18(38-8)24-5-23-9-16(20)21-4-22-17(9)24/h4-5,7-8,10-15,18-19,26-31H,2-3H2,1H3,(H,32,33)(H,34,35)(H2,20,21,22)/t7-,8+,10+,11-,12-,13+,14-,15+,18+,19?/m0/s1. The predicted molar refractivity (Wildman–Crippen MR) is 133 cm³/mol. The first-order valence-corrected chi connectivity index (χ1v) is 15.2. The van der Waals surface area contributed by atoms with Gasteiger partial charge in [-0.05, 0) is 0 Å². The smallest absolute Gasteiger partial charge is 0.463 e. The van der Waals surface area contributed by atoms with Crippen LogP contribution in [0.5, 0.6) is 0 Å². The van der Waals surface area contributed by atoms with E-state index in [1.807, 2.05) is 0 Å². The van der Waals surface area contributed by atoms with Crippen LogP contribution in [0.4, 0.5) is 5.82 Å². The van der Waals surface area contributed by atoms with E-state index in [4.69, 9.17) is 15.2 Å². The number of carbonyl (C=O) groups excluding carboxylic acids is 1. The molecule has 12 atom stereocenters. The molecule has 4 heterocycles. The number of hydrogen-bond acceptors (Lipinski definition) is 19. The van der Waals surface area contributed by atoms with Crippen molar-refractivity contribution in [2.45, 2.75) is 68.3 Å². The zero-order chi connectivity index (χ0) is 31.9. The number of imidazole rings is 1. The molecule has 24 heteroatoms. The molecule has 2 aliphatic rings. The summed E-state index contributed by atoms with van der Waals surface area (Å²) in [5.74, 6) is -0.795. The molecule has 43 heavy (non-hydrogen) atoms. The van der Waals surface area contributed by atoms with Gasteiger partial charge in [0.15, 0.2) is 24.0 Å². The quantitative estimate of drug-likeness (QED) is 0.0818. The Morgan fingerprint density at radius 1 is 1.02 bits per heavy atom. The first-order valence-electron chi connectivity index (χ1n) is 12.2. The molecule has 10 N–H and O–H groups in total. The molecule has 0 radical (unpaired) electrons. The molecule has 2 saturated heterocycles. The fraction of sp³-hybridized carbons (Fsp3) is 0.684. The number of anilines is 1. The predicted octanol–water partition coefficient (Wildman–Crippen LogP) is -3.99. The Balaban J connectivity index is 1.37. The normalized spacial score (nSPS) is 34.9. The van der Waals surface area contributed by atoms with Crippen LogP contribution < -0.4 is 5.73 Å². The molecule has 242 valence electrons. The molecule has 3 unspecified atom stereocenters. The molecular formula is C19H29N5O17P2. The van der Waals surface area contributed by atoms with Gasteiger partial charge in [0, 0.05) is 6.92 Å². The summed E-state index contributed by atoms with van der Waals surface area (Å²) < 4.78 is 54.6. The van der Waals surface area contributed by atoms with Gasteiger partial charge in [0.25, 0.3) is 0 Å². The number of aliphatic hydroxyl groups is 6. The van der Waals surface area contributed by atoms with E-state index < -0.39 is 96.2 Å². The number of phosphoric acid groups is 2. The number of rotatable bonds is 11. The van der Waals surface area contributed by atoms with E-state index >= 15 is 0 Å². The molecule has 2 fully saturated rings. The van der Waals surface area contributed by atoms with Crippen LogP contribution in [0, 0.1) is 0 Å². The van der Waals surface area contributed by atoms with Crippen molar-refractivity contribution in [2.24, 2.45) is 0 Å². The molecule has 0 aromatic carbocycles. The van der Waals surface area contributed by atoms with Gasteiger partial charge in [-0.1, -0.05) is 0 Å². The minimum absolute atomic E-state index is 0.0243. The monoisotopic (exact) mass is 661 g/mol. The maximum atomic E-state index is 12.5. The maximum absolute atomic E-state index is 12.5. The summed E-state index contributed by atoms with van der Waals surface area (Å²) in [5.41, 5.74) is 6.02. The number of aromatic nitrogens is 4. The number of phosphoric ester groups is 2. The zero-order valence-corrected chi connectivity index (χ0v) is 23.6. The second kappa shape index (κ2) is 13.0. The second-order valence-corrected chi connectivity index (χ2v) is 12.4. The number of fused-ring (bicyclic) bond motifs is 1. The molecule has 2 aromatic heterocycles. The average Bonchev–Trinajstić information content (AvgIpc) is 3.47. The van der Waals surface area contributed by atoms with Crippen molar-refractivity contribution >= 4 is 38.6 Å². The Morgan fingerprint density at radius 3 is 2.40 bits per heavy atom. The van der Waals surface area contributed by atoms with Crippen LogP contribution in [-0.4, -0.2) is 134 Å². The third kappa shape index (κ3) is 7.53. The van der Waals surface area contributed by atoms with E-state index in [-0.39, 0.29) is 17.0 Å². The first-order chi connectivity index (χ1) is 20.0. The summed E-state index contributed by atoms with van der Waals surface area (Å²) in [5, 5.41) is 61.2. The van der Waals surface area contributed by atoms with Gasteiger partial charge in [0.2, 0.25) is 0 Å². The molecule has 4 rings (SSSR count). The largest absolute Gasteiger partial charge is 0.483 e. The Hall–Kier alpha value is -2.24. The van der Waals surface area contributed by atoms with E-state index in [0.717, 1.165) is 13.3 Å². The van der Waals surface area contributed by atoms with E-state index in [1.165, 1.54) is 10.9 Å². The number of esters is 1. The number of nitrogens with two attached hydrogens (primary N) is 1. The highest BCUT2D eigenvalue weighted by Gasteiger charge is 2.51. The highest BCUT2D eigenvalue weighted by molar-refractivity contribution is 7.61. The molecule has 0 aliphatic carbocycles. The number of nitrogen functional groups attached to an aromatic ring is 1. The van der Waals surface area contributed by atoms with Crippen LogP contribution in [0.15, 0.2) is 12.7 Å². The lowest BCUT2D eigenvalue weighted by Gasteiger charge is -2.41. The van der Waals surface area contributed by atoms with E-state index in [0.29, 0.717) is 0 Å². The molecule has 2 aliphatic heterocycles. The Bertz CT molecular complexity index is 1400. The Kier molecular flexibility index (Phi) is 10.2. The number of carbonyl (C=O) groups is 1. The maximum Gasteiger partial charge on any atom is 0.483 e. The molecular weight excluding hydrogens is 632 g/mol. The van der Waals surface area contributed by atoms with Crippen LogP contribution in [0.2, 0.25) is 0 Å². The molecule has 0 saturated carbocycles. The SMILES string of the molecule is CC(=O)OC[C@H](O)[C@H]1OC(OP(=O)(O)OP(=O)(O)OC[C@H]2O[C@@H](n3cnc4c(N)ncnc43)[C@H](O)[C@@H]2O)[C@@H](O)[C@@H](O)[C@@H]1O. The summed E-state index contributed by atoms with van der Waals surface area (Å²) in [6.45, 7) is -0.718. The van der Waals surface area contributed by atoms with Gasteiger partial charge in [-0.15, -0.1) is 0 Å². The van der Waals surface area contributed by atoms with Gasteiger partial charge in [-0.3, -0.25) is 18.4 Å². The summed E-state index contributed by atoms with van der Waals surface area (Å²) >= 11 is 0. The minimum Gasteiger partial charge on any atom is -0.463 e. The fourth-order valence-electron chi connectivity index (χ4n) is 4.20. The van der Waals surface area contributed by atoms with Gasteiger partial charge in [-0.25, -0.2) is 24.1 Å². The van der Waals surface area contributed by atoms with E-state index in [1.54, 1.807) is 0 Å². The van der Waals surface area contributed by atoms with Crippen LogP contribution in [-0.2, 0) is 41.5 Å². The van der Waals surface area contributed by atoms with Crippen molar-refractivity contribution in [3.05, 3.63) is 12.7 Å². The van der Waals surface area contributed by atoms with Gasteiger partial charge in [-0.2, -0.15) is 4.31 Å². The van der Waals surface area contributed by atoms with Crippen LogP contribution in [0.25, 0.3) is 11.2 Å². The highest BCUT2D eigenvalue weighted by Crippen LogP contribution is 2.61. The van der Waals surface area contributed by atoms with Crippen molar-refractivity contribution in [3.63, 3.8) is 0 Å². The third-order valence-electron chi connectivity index (χ3n) is 6.29. The Morgan fingerprint density at radius 2 is 1.72 bits per heavy atom. The topological polar surface area (TPSA) is 338 Å². The van der Waals surface area contributed by atoms with Crippen molar-refractivity contribution in [1.82, 2.24) is 19.5 Å². The van der Waals surface area contributed by atoms with E-state index in [9.17, 15) is 54.4 Å². The molecule has 0 amide bonds. The zero-order valence-electron chi connectivity index (χ0n) is 21.9. The van der Waals surface area contributed by atoms with Crippen molar-refractivity contribution < 1.29 is 81.9 Å². The summed E-state index contributed by atoms with van der Waals surface area (Å²) in [7, 11) is -11.2. The van der Waals surface area contributed by atoms with E-state index in [2.05, 4.69) is 33.0 Å². The third-order valence-corrected chi connectivity index (χ3v) is 8.89. The number of nitrogens with zero attached hydrogens (tertiary/aromatic N) is 4. The fourth-order valence-corrected chi connectivity index (χ4v) is 6.36. The van der Waals surface area contributed by atoms with Gasteiger partial charge in [0.05, 0.1) is 12.9 Å².